The number of ether oxygens (including phenoxy) is 1. The van der Waals surface area contributed by atoms with Gasteiger partial charge in [0.15, 0.2) is 0 Å². The van der Waals surface area contributed by atoms with Gasteiger partial charge in [0, 0.05) is 11.2 Å². The van der Waals surface area contributed by atoms with Crippen LogP contribution in [0.3, 0.4) is 0 Å². The first-order valence-corrected chi connectivity index (χ1v) is 6.51. The SMILES string of the molecule is CCCOCO[P+](=O)OC(=O)CC(C)(C)C(=O)O. The molecule has 7 nitrogen and oxygen atoms in total. The molecule has 0 spiro atoms. The van der Waals surface area contributed by atoms with Crippen LogP contribution in [-0.4, -0.2) is 30.4 Å². The molecule has 0 heterocycles. The molecule has 0 fully saturated rings. The fourth-order valence-corrected chi connectivity index (χ4v) is 1.31. The summed E-state index contributed by atoms with van der Waals surface area (Å²) < 4.78 is 25.0. The minimum absolute atomic E-state index is 0.237. The van der Waals surface area contributed by atoms with E-state index in [1.807, 2.05) is 6.92 Å². The Bertz CT molecular complexity index is 313. The fourth-order valence-electron chi connectivity index (χ4n) is 0.862. The molecule has 104 valence electrons. The zero-order valence-corrected chi connectivity index (χ0v) is 11.6. The van der Waals surface area contributed by atoms with Gasteiger partial charge in [-0.2, -0.15) is 4.52 Å². The lowest BCUT2D eigenvalue weighted by Gasteiger charge is -2.14. The summed E-state index contributed by atoms with van der Waals surface area (Å²) in [7, 11) is -2.63. The van der Waals surface area contributed by atoms with E-state index in [-0.39, 0.29) is 13.2 Å². The lowest BCUT2D eigenvalue weighted by atomic mass is 9.90. The van der Waals surface area contributed by atoms with Crippen LogP contribution in [0.15, 0.2) is 0 Å². The zero-order chi connectivity index (χ0) is 14.2. The lowest BCUT2D eigenvalue weighted by Crippen LogP contribution is -2.27. The lowest BCUT2D eigenvalue weighted by molar-refractivity contribution is -0.152. The summed E-state index contributed by atoms with van der Waals surface area (Å²) in [4.78, 5) is 22.0. The molecule has 8 heteroatoms. The van der Waals surface area contributed by atoms with Crippen molar-refractivity contribution in [1.29, 1.82) is 0 Å². The molecule has 0 aromatic heterocycles. The molecule has 18 heavy (non-hydrogen) atoms. The van der Waals surface area contributed by atoms with E-state index in [0.29, 0.717) is 6.61 Å². The van der Waals surface area contributed by atoms with Crippen LogP contribution in [0, 0.1) is 5.41 Å². The summed E-state index contributed by atoms with van der Waals surface area (Å²) >= 11 is 0. The zero-order valence-electron chi connectivity index (χ0n) is 10.7. The number of carboxylic acid groups (broad SMARTS) is 1. The smallest absolute Gasteiger partial charge is 0.481 e. The monoisotopic (exact) mass is 281 g/mol. The molecule has 1 unspecified atom stereocenters. The van der Waals surface area contributed by atoms with Gasteiger partial charge in [-0.3, -0.25) is 4.79 Å². The van der Waals surface area contributed by atoms with Gasteiger partial charge < -0.3 is 9.84 Å². The van der Waals surface area contributed by atoms with Crippen molar-refractivity contribution >= 4 is 20.2 Å². The standard InChI is InChI=1S/C10H17O7P/c1-4-5-15-7-16-18(14)17-8(11)6-10(2,3)9(12)13/h4-7H2,1-3H3/p+1. The van der Waals surface area contributed by atoms with Crippen LogP contribution >= 0.6 is 8.25 Å². The maximum absolute atomic E-state index is 11.3. The molecule has 0 aliphatic heterocycles. The first-order valence-electron chi connectivity index (χ1n) is 5.41. The first kappa shape index (κ1) is 17.0. The molecule has 0 rings (SSSR count). The number of carboxylic acids is 1. The van der Waals surface area contributed by atoms with E-state index in [9.17, 15) is 14.2 Å². The quantitative estimate of drug-likeness (QED) is 0.392. The Morgan fingerprint density at radius 3 is 2.44 bits per heavy atom. The van der Waals surface area contributed by atoms with Crippen LogP contribution < -0.4 is 0 Å². The summed E-state index contributed by atoms with van der Waals surface area (Å²) in [6.07, 6.45) is 0.398. The van der Waals surface area contributed by atoms with Crippen molar-refractivity contribution in [1.82, 2.24) is 0 Å². The van der Waals surface area contributed by atoms with Crippen LogP contribution in [0.4, 0.5) is 0 Å². The van der Waals surface area contributed by atoms with Crippen molar-refractivity contribution in [3.05, 3.63) is 0 Å². The van der Waals surface area contributed by atoms with Crippen LogP contribution in [0.5, 0.6) is 0 Å². The van der Waals surface area contributed by atoms with Gasteiger partial charge in [0.2, 0.25) is 6.79 Å². The minimum atomic E-state index is -2.63. The van der Waals surface area contributed by atoms with Crippen LogP contribution in [-0.2, 0) is 27.9 Å². The molecule has 0 aromatic rings. The van der Waals surface area contributed by atoms with Gasteiger partial charge in [0.1, 0.15) is 0 Å². The van der Waals surface area contributed by atoms with Gasteiger partial charge in [0.05, 0.1) is 11.8 Å². The molecule has 0 saturated heterocycles. The van der Waals surface area contributed by atoms with E-state index in [1.165, 1.54) is 13.8 Å². The van der Waals surface area contributed by atoms with Gasteiger partial charge >= 0.3 is 20.2 Å². The van der Waals surface area contributed by atoms with Crippen LogP contribution in [0.2, 0.25) is 0 Å². The molecule has 1 N–H and O–H groups in total. The second-order valence-electron chi connectivity index (χ2n) is 4.21. The highest BCUT2D eigenvalue weighted by Gasteiger charge is 2.35. The summed E-state index contributed by atoms with van der Waals surface area (Å²) in [5.41, 5.74) is -1.27. The van der Waals surface area contributed by atoms with Crippen molar-refractivity contribution in [2.45, 2.75) is 33.6 Å². The molecule has 0 aliphatic rings. The Balaban J connectivity index is 3.94. The Hall–Kier alpha value is -1.04. The molecule has 0 amide bonds. The van der Waals surface area contributed by atoms with Crippen molar-refractivity contribution in [2.75, 3.05) is 13.4 Å². The van der Waals surface area contributed by atoms with Gasteiger partial charge in [-0.05, 0) is 20.3 Å². The molecular weight excluding hydrogens is 263 g/mol. The molecule has 1 atom stereocenters. The van der Waals surface area contributed by atoms with Crippen molar-refractivity contribution in [2.24, 2.45) is 5.41 Å². The highest BCUT2D eigenvalue weighted by molar-refractivity contribution is 7.34. The van der Waals surface area contributed by atoms with E-state index in [4.69, 9.17) is 9.84 Å². The van der Waals surface area contributed by atoms with Gasteiger partial charge in [-0.15, -0.1) is 0 Å². The Morgan fingerprint density at radius 2 is 1.94 bits per heavy atom. The van der Waals surface area contributed by atoms with Gasteiger partial charge in [-0.25, -0.2) is 4.79 Å². The second kappa shape index (κ2) is 8.13. The van der Waals surface area contributed by atoms with Crippen molar-refractivity contribution in [3.63, 3.8) is 0 Å². The molecule has 0 aromatic carbocycles. The average molecular weight is 281 g/mol. The minimum Gasteiger partial charge on any atom is -0.481 e. The average Bonchev–Trinajstić information content (AvgIpc) is 2.23. The number of rotatable bonds is 9. The molecule has 0 saturated carbocycles. The van der Waals surface area contributed by atoms with E-state index < -0.39 is 25.6 Å². The fraction of sp³-hybridized carbons (Fsp3) is 0.800. The first-order chi connectivity index (χ1) is 8.29. The predicted molar refractivity (Wildman–Crippen MR) is 61.9 cm³/mol. The van der Waals surface area contributed by atoms with Crippen molar-refractivity contribution < 1.29 is 33.0 Å². The summed E-state index contributed by atoms with van der Waals surface area (Å²) in [5, 5.41) is 8.79. The topological polar surface area (TPSA) is 99.1 Å². The maximum Gasteiger partial charge on any atom is 0.755 e. The maximum atomic E-state index is 11.3. The number of carbonyl (C=O) groups is 2. The highest BCUT2D eigenvalue weighted by Crippen LogP contribution is 2.28. The second-order valence-corrected chi connectivity index (χ2v) is 5.10. The molecule has 0 radical (unpaired) electrons. The Labute approximate surface area is 106 Å². The number of hydrogen-bond acceptors (Lipinski definition) is 6. The van der Waals surface area contributed by atoms with E-state index in [2.05, 4.69) is 9.05 Å². The van der Waals surface area contributed by atoms with Crippen LogP contribution in [0.25, 0.3) is 0 Å². The Morgan fingerprint density at radius 1 is 1.33 bits per heavy atom. The number of carbonyl (C=O) groups excluding carboxylic acids is 1. The van der Waals surface area contributed by atoms with E-state index in [1.54, 1.807) is 0 Å². The molecule has 0 aliphatic carbocycles. The third kappa shape index (κ3) is 7.32. The normalized spacial score (nSPS) is 12.1. The Kier molecular flexibility index (Phi) is 7.66. The van der Waals surface area contributed by atoms with E-state index >= 15 is 0 Å². The third-order valence-corrected chi connectivity index (χ3v) is 2.60. The van der Waals surface area contributed by atoms with Crippen LogP contribution in [0.1, 0.15) is 33.6 Å². The number of aliphatic carboxylic acids is 1. The number of hydrogen-bond donors (Lipinski definition) is 1. The largest absolute Gasteiger partial charge is 0.755 e. The highest BCUT2D eigenvalue weighted by atomic mass is 31.1. The summed E-state index contributed by atoms with van der Waals surface area (Å²) in [5.74, 6) is -2.03. The summed E-state index contributed by atoms with van der Waals surface area (Å²) in [6.45, 7) is 4.85. The van der Waals surface area contributed by atoms with Gasteiger partial charge in [-0.1, -0.05) is 11.4 Å². The summed E-state index contributed by atoms with van der Waals surface area (Å²) in [6, 6.07) is 0. The third-order valence-electron chi connectivity index (χ3n) is 1.93. The molecular formula is C10H18O7P+. The van der Waals surface area contributed by atoms with Crippen molar-refractivity contribution in [3.8, 4) is 0 Å². The predicted octanol–water partition coefficient (Wildman–Crippen LogP) is 2.09. The van der Waals surface area contributed by atoms with E-state index in [0.717, 1.165) is 6.42 Å². The molecule has 0 bridgehead atoms. The van der Waals surface area contributed by atoms with Gasteiger partial charge in [0.25, 0.3) is 0 Å².